The highest BCUT2D eigenvalue weighted by Crippen LogP contribution is 2.42. The molecule has 2 N–H and O–H groups in total. The molecule has 2 heterocycles. The van der Waals surface area contributed by atoms with E-state index in [-0.39, 0.29) is 44.5 Å². The van der Waals surface area contributed by atoms with Gasteiger partial charge in [-0.05, 0) is 49.9 Å². The predicted molar refractivity (Wildman–Crippen MR) is 125 cm³/mol. The number of carboxylic acids is 1. The van der Waals surface area contributed by atoms with Crippen molar-refractivity contribution in [2.45, 2.75) is 44.4 Å². The molecule has 4 rings (SSSR count). The molecule has 0 bridgehead atoms. The first-order valence-corrected chi connectivity index (χ1v) is 11.4. The van der Waals surface area contributed by atoms with Gasteiger partial charge >= 0.3 is 12.1 Å². The van der Waals surface area contributed by atoms with Gasteiger partial charge in [-0.25, -0.2) is 14.4 Å². The van der Waals surface area contributed by atoms with E-state index in [9.17, 15) is 27.5 Å². The summed E-state index contributed by atoms with van der Waals surface area (Å²) in [5.74, 6) is -2.37. The molecule has 0 amide bonds. The van der Waals surface area contributed by atoms with Gasteiger partial charge in [0.2, 0.25) is 0 Å². The molecule has 1 saturated carbocycles. The number of carbonyl (C=O) groups is 1. The summed E-state index contributed by atoms with van der Waals surface area (Å²) < 4.78 is 58.7. The van der Waals surface area contributed by atoms with Crippen LogP contribution >= 0.6 is 23.7 Å². The quantitative estimate of drug-likeness (QED) is 0.339. The fourth-order valence-corrected chi connectivity index (χ4v) is 4.65. The Kier molecular flexibility index (Phi) is 8.22. The van der Waals surface area contributed by atoms with Gasteiger partial charge in [-0.15, -0.1) is 23.7 Å². The summed E-state index contributed by atoms with van der Waals surface area (Å²) in [6.45, 7) is 0. The van der Waals surface area contributed by atoms with Gasteiger partial charge in [0.15, 0.2) is 16.7 Å². The number of halogens is 5. The van der Waals surface area contributed by atoms with Crippen molar-refractivity contribution in [2.75, 3.05) is 5.32 Å². The van der Waals surface area contributed by atoms with Crippen molar-refractivity contribution >= 4 is 40.7 Å². The van der Waals surface area contributed by atoms with Crippen LogP contribution in [0.3, 0.4) is 0 Å². The monoisotopic (exact) mass is 531 g/mol. The van der Waals surface area contributed by atoms with Crippen LogP contribution in [0.5, 0.6) is 5.75 Å². The lowest BCUT2D eigenvalue weighted by Crippen LogP contribution is -2.40. The van der Waals surface area contributed by atoms with E-state index in [0.29, 0.717) is 22.7 Å². The van der Waals surface area contributed by atoms with E-state index in [1.54, 1.807) is 24.4 Å². The lowest BCUT2D eigenvalue weighted by Gasteiger charge is -2.36. The molecule has 2 aromatic heterocycles. The largest absolute Gasteiger partial charge is 0.487 e. The maximum absolute atomic E-state index is 14.3. The minimum absolute atomic E-state index is 0. The summed E-state index contributed by atoms with van der Waals surface area (Å²) in [6.07, 6.45) is -2.61. The number of pyridine rings is 1. The van der Waals surface area contributed by atoms with Crippen molar-refractivity contribution in [2.24, 2.45) is 5.41 Å². The lowest BCUT2D eigenvalue weighted by molar-refractivity contribution is -0.152. The van der Waals surface area contributed by atoms with E-state index < -0.39 is 40.8 Å². The molecule has 0 aliphatic heterocycles. The van der Waals surface area contributed by atoms with Crippen LogP contribution in [-0.2, 0) is 17.4 Å². The number of anilines is 2. The number of thiazole rings is 1. The van der Waals surface area contributed by atoms with Crippen LogP contribution in [-0.4, -0.2) is 27.1 Å². The topological polar surface area (TPSA) is 84.3 Å². The van der Waals surface area contributed by atoms with Gasteiger partial charge in [0.25, 0.3) is 0 Å². The highest BCUT2D eigenvalue weighted by Gasteiger charge is 2.43. The average molecular weight is 532 g/mol. The van der Waals surface area contributed by atoms with Crippen molar-refractivity contribution in [3.63, 3.8) is 0 Å². The fraction of sp³-hybridized carbons (Fsp3) is 0.348. The van der Waals surface area contributed by atoms with Crippen molar-refractivity contribution in [1.82, 2.24) is 9.97 Å². The second-order valence-electron chi connectivity index (χ2n) is 8.17. The maximum atomic E-state index is 14.3. The number of nitrogens with one attached hydrogen (secondary N) is 1. The molecule has 0 unspecified atom stereocenters. The molecule has 1 aromatic carbocycles. The Morgan fingerprint density at radius 3 is 2.54 bits per heavy atom. The van der Waals surface area contributed by atoms with E-state index in [1.807, 2.05) is 5.38 Å². The zero-order chi connectivity index (χ0) is 24.3. The van der Waals surface area contributed by atoms with Gasteiger partial charge in [-0.3, -0.25) is 4.79 Å². The highest BCUT2D eigenvalue weighted by atomic mass is 35.5. The van der Waals surface area contributed by atoms with Gasteiger partial charge in [0.05, 0.1) is 17.1 Å². The van der Waals surface area contributed by atoms with Gasteiger partial charge < -0.3 is 15.2 Å². The first-order chi connectivity index (χ1) is 16.2. The number of carboxylic acid groups (broad SMARTS) is 1. The van der Waals surface area contributed by atoms with E-state index in [4.69, 9.17) is 4.74 Å². The van der Waals surface area contributed by atoms with Crippen molar-refractivity contribution in [3.8, 4) is 5.75 Å². The Hall–Kier alpha value is -2.92. The summed E-state index contributed by atoms with van der Waals surface area (Å²) in [7, 11) is 0. The van der Waals surface area contributed by atoms with Crippen molar-refractivity contribution < 1.29 is 32.2 Å². The summed E-state index contributed by atoms with van der Waals surface area (Å²) in [4.78, 5) is 20.9. The van der Waals surface area contributed by atoms with Crippen LogP contribution in [0.4, 0.5) is 28.5 Å². The number of rotatable bonds is 7. The summed E-state index contributed by atoms with van der Waals surface area (Å²) in [5, 5.41) is 15.5. The number of nitrogens with zero attached hydrogens (tertiary/aromatic N) is 2. The molecule has 12 heteroatoms. The number of hydrogen-bond acceptors (Lipinski definition) is 6. The van der Waals surface area contributed by atoms with Gasteiger partial charge in [0, 0.05) is 23.7 Å². The normalized spacial score (nSPS) is 20.1. The lowest BCUT2D eigenvalue weighted by atomic mass is 9.70. The summed E-state index contributed by atoms with van der Waals surface area (Å²) in [5.41, 5.74) is -1.90. The summed E-state index contributed by atoms with van der Waals surface area (Å²) in [6, 6.07) is 8.17. The van der Waals surface area contributed by atoms with Crippen LogP contribution in [0.1, 0.15) is 36.9 Å². The standard InChI is InChI=1S/C23H21F4N3O3S.ClH/c24-19-16(23(25,26)27)4-2-5-17(19)33-15-7-9-22(10-8-15,20(31)32)13-14-3-1-6-18(29-14)30-21-28-11-12-34-21;/h1-6,11-12,15H,7-10,13H2,(H,31,32)(H,28,29,30);1H/t15-,22-;. The number of hydrogen-bond donors (Lipinski definition) is 2. The third kappa shape index (κ3) is 6.21. The van der Waals surface area contributed by atoms with E-state index in [1.165, 1.54) is 11.3 Å². The first-order valence-electron chi connectivity index (χ1n) is 10.5. The Morgan fingerprint density at radius 2 is 1.91 bits per heavy atom. The zero-order valence-electron chi connectivity index (χ0n) is 18.2. The molecule has 0 saturated heterocycles. The zero-order valence-corrected chi connectivity index (χ0v) is 19.9. The van der Waals surface area contributed by atoms with Crippen molar-refractivity contribution in [1.29, 1.82) is 0 Å². The molecule has 1 aliphatic rings. The number of alkyl halides is 3. The third-order valence-electron chi connectivity index (χ3n) is 5.90. The molecule has 3 aromatic rings. The maximum Gasteiger partial charge on any atom is 0.419 e. The van der Waals surface area contributed by atoms with Crippen LogP contribution < -0.4 is 10.1 Å². The molecule has 1 fully saturated rings. The Balaban J connectivity index is 0.00000342. The minimum Gasteiger partial charge on any atom is -0.487 e. The smallest absolute Gasteiger partial charge is 0.419 e. The average Bonchev–Trinajstić information content (AvgIpc) is 3.29. The SMILES string of the molecule is Cl.O=C(O)[C@]1(Cc2cccc(Nc3nccs3)n2)CC[C@@H](Oc2cccc(C(F)(F)F)c2F)CC1. The number of benzene rings is 1. The van der Waals surface area contributed by atoms with Crippen LogP contribution in [0.2, 0.25) is 0 Å². The molecular formula is C23H22ClF4N3O3S. The molecule has 1 aliphatic carbocycles. The van der Waals surface area contributed by atoms with Crippen LogP contribution in [0.15, 0.2) is 48.0 Å². The molecule has 35 heavy (non-hydrogen) atoms. The van der Waals surface area contributed by atoms with Gasteiger partial charge in [0.1, 0.15) is 5.82 Å². The summed E-state index contributed by atoms with van der Waals surface area (Å²) >= 11 is 1.41. The molecule has 0 radical (unpaired) electrons. The molecule has 0 atom stereocenters. The van der Waals surface area contributed by atoms with E-state index >= 15 is 0 Å². The molecule has 0 spiro atoms. The molecular weight excluding hydrogens is 510 g/mol. The van der Waals surface area contributed by atoms with E-state index in [0.717, 1.165) is 12.1 Å². The predicted octanol–water partition coefficient (Wildman–Crippen LogP) is 6.50. The molecule has 6 nitrogen and oxygen atoms in total. The Bertz CT molecular complexity index is 1150. The highest BCUT2D eigenvalue weighted by molar-refractivity contribution is 7.13. The number of aliphatic carboxylic acids is 1. The van der Waals surface area contributed by atoms with Crippen LogP contribution in [0.25, 0.3) is 0 Å². The second-order valence-corrected chi connectivity index (χ2v) is 9.07. The fourth-order valence-electron chi connectivity index (χ4n) is 4.12. The molecule has 188 valence electrons. The Morgan fingerprint density at radius 1 is 1.20 bits per heavy atom. The first kappa shape index (κ1) is 26.7. The van der Waals surface area contributed by atoms with Crippen LogP contribution in [0, 0.1) is 11.2 Å². The second kappa shape index (κ2) is 10.8. The van der Waals surface area contributed by atoms with Gasteiger partial charge in [-0.1, -0.05) is 12.1 Å². The Labute approximate surface area is 208 Å². The van der Waals surface area contributed by atoms with E-state index in [2.05, 4.69) is 15.3 Å². The minimum atomic E-state index is -4.83. The van der Waals surface area contributed by atoms with Crippen molar-refractivity contribution in [3.05, 3.63) is 65.0 Å². The number of ether oxygens (including phenoxy) is 1. The number of aromatic nitrogens is 2. The third-order valence-corrected chi connectivity index (χ3v) is 6.59. The van der Waals surface area contributed by atoms with Gasteiger partial charge in [-0.2, -0.15) is 13.2 Å².